The highest BCUT2D eigenvalue weighted by Gasteiger charge is 2.32. The van der Waals surface area contributed by atoms with Gasteiger partial charge in [-0.3, -0.25) is 4.79 Å². The number of benzene rings is 2. The molecule has 1 amide bonds. The zero-order valence-electron chi connectivity index (χ0n) is 17.4. The first kappa shape index (κ1) is 21.0. The van der Waals surface area contributed by atoms with Crippen molar-refractivity contribution in [2.75, 3.05) is 13.1 Å². The van der Waals surface area contributed by atoms with E-state index in [9.17, 15) is 13.2 Å². The van der Waals surface area contributed by atoms with Gasteiger partial charge >= 0.3 is 0 Å². The van der Waals surface area contributed by atoms with Crippen molar-refractivity contribution in [3.63, 3.8) is 0 Å². The molecule has 1 aliphatic carbocycles. The maximum Gasteiger partial charge on any atom is 0.251 e. The maximum atomic E-state index is 13.1. The molecule has 0 spiro atoms. The molecule has 4 rings (SSSR count). The summed E-state index contributed by atoms with van der Waals surface area (Å²) in [6.07, 6.45) is 2.59. The van der Waals surface area contributed by atoms with Crippen molar-refractivity contribution < 1.29 is 17.9 Å². The number of amides is 1. The molecule has 1 N–H and O–H groups in total. The number of carbonyl (C=O) groups excluding carboxylic acids is 1. The number of aryl methyl sites for hydroxylation is 1. The quantitative estimate of drug-likeness (QED) is 0.811. The standard InChI is InChI=1S/C23H28N2O4S/c1-16-14-25(15-17(2)29-16)30(27,28)20-10-5-9-19(13-20)23(26)24-22-12-6-8-18-7-3-4-11-21(18)22/h3-5,7,9-11,13,16-17,22H,6,8,12,14-15H2,1-2H3,(H,24,26)/t16-,17+,22-/m0/s1. The Kier molecular flexibility index (Phi) is 5.95. The molecule has 0 aromatic heterocycles. The van der Waals surface area contributed by atoms with Gasteiger partial charge in [0.25, 0.3) is 5.91 Å². The predicted molar refractivity (Wildman–Crippen MR) is 115 cm³/mol. The lowest BCUT2D eigenvalue weighted by atomic mass is 9.87. The Bertz CT molecular complexity index is 1030. The molecule has 7 heteroatoms. The molecule has 1 fully saturated rings. The summed E-state index contributed by atoms with van der Waals surface area (Å²) in [5.41, 5.74) is 2.77. The van der Waals surface area contributed by atoms with Crippen LogP contribution in [0.4, 0.5) is 0 Å². The smallest absolute Gasteiger partial charge is 0.251 e. The molecular formula is C23H28N2O4S. The van der Waals surface area contributed by atoms with Crippen LogP contribution in [-0.4, -0.2) is 43.9 Å². The van der Waals surface area contributed by atoms with Gasteiger partial charge in [-0.05, 0) is 62.4 Å². The highest BCUT2D eigenvalue weighted by molar-refractivity contribution is 7.89. The van der Waals surface area contributed by atoms with Gasteiger partial charge in [-0.15, -0.1) is 0 Å². The zero-order valence-corrected chi connectivity index (χ0v) is 18.2. The van der Waals surface area contributed by atoms with Crippen LogP contribution in [0.15, 0.2) is 53.4 Å². The highest BCUT2D eigenvalue weighted by atomic mass is 32.2. The van der Waals surface area contributed by atoms with E-state index in [0.29, 0.717) is 18.7 Å². The lowest BCUT2D eigenvalue weighted by Gasteiger charge is -2.34. The van der Waals surface area contributed by atoms with Gasteiger partial charge in [0.1, 0.15) is 0 Å². The monoisotopic (exact) mass is 428 g/mol. The number of ether oxygens (including phenoxy) is 1. The molecule has 1 heterocycles. The summed E-state index contributed by atoms with van der Waals surface area (Å²) >= 11 is 0. The summed E-state index contributed by atoms with van der Waals surface area (Å²) < 4.78 is 33.4. The Labute approximate surface area is 178 Å². The Morgan fingerprint density at radius 1 is 1.07 bits per heavy atom. The van der Waals surface area contributed by atoms with Crippen molar-refractivity contribution in [3.05, 3.63) is 65.2 Å². The third-order valence-corrected chi connectivity index (χ3v) is 7.62. The summed E-state index contributed by atoms with van der Waals surface area (Å²) in [4.78, 5) is 13.1. The molecule has 1 saturated heterocycles. The Balaban J connectivity index is 1.54. The first-order valence-electron chi connectivity index (χ1n) is 10.5. The van der Waals surface area contributed by atoms with Crippen molar-refractivity contribution >= 4 is 15.9 Å². The van der Waals surface area contributed by atoms with E-state index in [4.69, 9.17) is 4.74 Å². The second-order valence-corrected chi connectivity index (χ2v) is 10.2. The van der Waals surface area contributed by atoms with E-state index in [-0.39, 0.29) is 29.1 Å². The van der Waals surface area contributed by atoms with Gasteiger partial charge in [0.2, 0.25) is 10.0 Å². The molecule has 2 aromatic carbocycles. The molecule has 6 nitrogen and oxygen atoms in total. The molecule has 0 saturated carbocycles. The van der Waals surface area contributed by atoms with Crippen LogP contribution in [0.5, 0.6) is 0 Å². The summed E-state index contributed by atoms with van der Waals surface area (Å²) in [7, 11) is -3.69. The third-order valence-electron chi connectivity index (χ3n) is 5.79. The van der Waals surface area contributed by atoms with Crippen molar-refractivity contribution in [3.8, 4) is 0 Å². The number of hydrogen-bond donors (Lipinski definition) is 1. The largest absolute Gasteiger partial charge is 0.373 e. The van der Waals surface area contributed by atoms with Gasteiger partial charge < -0.3 is 10.1 Å². The topological polar surface area (TPSA) is 75.7 Å². The Morgan fingerprint density at radius 3 is 2.57 bits per heavy atom. The van der Waals surface area contributed by atoms with Crippen LogP contribution >= 0.6 is 0 Å². The Hall–Kier alpha value is -2.22. The molecule has 160 valence electrons. The van der Waals surface area contributed by atoms with Gasteiger partial charge in [-0.1, -0.05) is 30.3 Å². The Morgan fingerprint density at radius 2 is 1.80 bits per heavy atom. The zero-order chi connectivity index (χ0) is 21.3. The van der Waals surface area contributed by atoms with Gasteiger partial charge in [-0.25, -0.2) is 8.42 Å². The molecule has 0 unspecified atom stereocenters. The third kappa shape index (κ3) is 4.29. The molecule has 2 aliphatic rings. The van der Waals surface area contributed by atoms with Gasteiger partial charge in [0, 0.05) is 18.7 Å². The first-order valence-corrected chi connectivity index (χ1v) is 11.9. The fourth-order valence-electron chi connectivity index (χ4n) is 4.42. The minimum absolute atomic E-state index is 0.0522. The average Bonchev–Trinajstić information content (AvgIpc) is 2.73. The second kappa shape index (κ2) is 8.49. The number of carbonyl (C=O) groups is 1. The molecule has 1 aliphatic heterocycles. The molecule has 0 bridgehead atoms. The number of rotatable bonds is 4. The summed E-state index contributed by atoms with van der Waals surface area (Å²) in [6, 6.07) is 14.4. The fourth-order valence-corrected chi connectivity index (χ4v) is 6.06. The second-order valence-electron chi connectivity index (χ2n) is 8.22. The lowest BCUT2D eigenvalue weighted by Crippen LogP contribution is -2.48. The number of morpholine rings is 1. The van der Waals surface area contributed by atoms with Crippen LogP contribution < -0.4 is 5.32 Å². The molecule has 30 heavy (non-hydrogen) atoms. The van der Waals surface area contributed by atoms with Gasteiger partial charge in [0.15, 0.2) is 0 Å². The van der Waals surface area contributed by atoms with E-state index >= 15 is 0 Å². The summed E-state index contributed by atoms with van der Waals surface area (Å²) in [6.45, 7) is 4.35. The number of nitrogens with one attached hydrogen (secondary N) is 1. The number of nitrogens with zero attached hydrogens (tertiary/aromatic N) is 1. The van der Waals surface area contributed by atoms with Gasteiger partial charge in [-0.2, -0.15) is 4.31 Å². The van der Waals surface area contributed by atoms with Crippen LogP contribution in [0.3, 0.4) is 0 Å². The fraction of sp³-hybridized carbons (Fsp3) is 0.435. The van der Waals surface area contributed by atoms with Crippen molar-refractivity contribution in [2.24, 2.45) is 0 Å². The van der Waals surface area contributed by atoms with Crippen molar-refractivity contribution in [1.29, 1.82) is 0 Å². The predicted octanol–water partition coefficient (Wildman–Crippen LogP) is 3.29. The number of fused-ring (bicyclic) bond motifs is 1. The average molecular weight is 429 g/mol. The van der Waals surface area contributed by atoms with E-state index in [0.717, 1.165) is 24.8 Å². The van der Waals surface area contributed by atoms with Crippen LogP contribution in [0.1, 0.15) is 54.2 Å². The van der Waals surface area contributed by atoms with Crippen molar-refractivity contribution in [2.45, 2.75) is 56.3 Å². The van der Waals surface area contributed by atoms with Crippen LogP contribution in [0.2, 0.25) is 0 Å². The maximum absolute atomic E-state index is 13.1. The number of hydrogen-bond acceptors (Lipinski definition) is 4. The number of sulfonamides is 1. The van der Waals surface area contributed by atoms with E-state index in [2.05, 4.69) is 17.4 Å². The minimum atomic E-state index is -3.69. The van der Waals surface area contributed by atoms with Crippen LogP contribution in [0, 0.1) is 0 Å². The molecule has 2 aromatic rings. The first-order chi connectivity index (χ1) is 14.3. The van der Waals surface area contributed by atoms with E-state index in [1.807, 2.05) is 26.0 Å². The molecule has 0 radical (unpaired) electrons. The minimum Gasteiger partial charge on any atom is -0.373 e. The van der Waals surface area contributed by atoms with Crippen molar-refractivity contribution in [1.82, 2.24) is 9.62 Å². The normalized spacial score (nSPS) is 24.8. The lowest BCUT2D eigenvalue weighted by molar-refractivity contribution is -0.0440. The van der Waals surface area contributed by atoms with Gasteiger partial charge in [0.05, 0.1) is 23.1 Å². The van der Waals surface area contributed by atoms with E-state index < -0.39 is 10.0 Å². The molecule has 3 atom stereocenters. The van der Waals surface area contributed by atoms with Crippen LogP contribution in [0.25, 0.3) is 0 Å². The summed E-state index contributed by atoms with van der Waals surface area (Å²) in [5, 5.41) is 3.10. The SMILES string of the molecule is C[C@@H]1CN(S(=O)(=O)c2cccc(C(=O)N[C@H]3CCCc4ccccc43)c2)C[C@H](C)O1. The highest BCUT2D eigenvalue weighted by Crippen LogP contribution is 2.30. The van der Waals surface area contributed by atoms with E-state index in [1.54, 1.807) is 18.2 Å². The van der Waals surface area contributed by atoms with Crippen LogP contribution in [-0.2, 0) is 21.2 Å². The van der Waals surface area contributed by atoms with E-state index in [1.165, 1.54) is 15.9 Å². The summed E-state index contributed by atoms with van der Waals surface area (Å²) in [5.74, 6) is -0.252. The molecular weight excluding hydrogens is 400 g/mol.